The number of hydrogen-bond donors (Lipinski definition) is 0. The minimum Gasteiger partial charge on any atom is -0.490 e. The molecule has 4 atom stereocenters. The summed E-state index contributed by atoms with van der Waals surface area (Å²) in [6.45, 7) is 2.58. The SMILES string of the molecule is CCOc1cc(C=NN2C(=O)C3C4C=CC(C4)C3C2=O)ccc1OCc1ccc(F)cc1. The summed E-state index contributed by atoms with van der Waals surface area (Å²) in [6, 6.07) is 11.4. The summed E-state index contributed by atoms with van der Waals surface area (Å²) in [6.07, 6.45) is 6.51. The van der Waals surface area contributed by atoms with Gasteiger partial charge in [0, 0.05) is 0 Å². The zero-order valence-electron chi connectivity index (χ0n) is 17.6. The van der Waals surface area contributed by atoms with E-state index in [0.717, 1.165) is 17.0 Å². The smallest absolute Gasteiger partial charge is 0.254 e. The number of nitrogens with zero attached hydrogens (tertiary/aromatic N) is 2. The van der Waals surface area contributed by atoms with Gasteiger partial charge in [-0.15, -0.1) is 0 Å². The first kappa shape index (κ1) is 20.4. The quantitative estimate of drug-likeness (QED) is 0.376. The van der Waals surface area contributed by atoms with Gasteiger partial charge in [0.2, 0.25) is 0 Å². The Morgan fingerprint density at radius 3 is 2.34 bits per heavy atom. The Hall–Kier alpha value is -3.48. The van der Waals surface area contributed by atoms with Crippen molar-refractivity contribution in [2.75, 3.05) is 6.61 Å². The van der Waals surface area contributed by atoms with Crippen LogP contribution in [0.4, 0.5) is 4.39 Å². The van der Waals surface area contributed by atoms with E-state index in [-0.39, 0.29) is 47.9 Å². The second kappa shape index (κ2) is 8.22. The molecule has 2 aliphatic carbocycles. The van der Waals surface area contributed by atoms with Crippen molar-refractivity contribution in [3.63, 3.8) is 0 Å². The Labute approximate surface area is 185 Å². The fourth-order valence-electron chi connectivity index (χ4n) is 4.86. The van der Waals surface area contributed by atoms with E-state index in [1.165, 1.54) is 18.3 Å². The topological polar surface area (TPSA) is 68.2 Å². The van der Waals surface area contributed by atoms with Crippen molar-refractivity contribution in [3.8, 4) is 11.5 Å². The third-order valence-corrected chi connectivity index (χ3v) is 6.34. The van der Waals surface area contributed by atoms with Gasteiger partial charge in [0.05, 0.1) is 24.7 Å². The molecule has 2 bridgehead atoms. The number of allylic oxidation sites excluding steroid dienone is 2. The zero-order valence-corrected chi connectivity index (χ0v) is 17.6. The summed E-state index contributed by atoms with van der Waals surface area (Å²) in [5.74, 6) is 0.125. The first-order valence-electron chi connectivity index (χ1n) is 10.8. The standard InChI is InChI=1S/C25H23FN2O4/c1-2-31-21-11-16(5-10-20(21)32-14-15-3-8-19(26)9-4-15)13-27-28-24(29)22-17-6-7-18(12-17)23(22)25(28)30/h3-11,13,17-18,22-23H,2,12,14H2,1H3. The molecular formula is C25H23FN2O4. The highest BCUT2D eigenvalue weighted by Crippen LogP contribution is 2.52. The Morgan fingerprint density at radius 1 is 1.00 bits per heavy atom. The van der Waals surface area contributed by atoms with Gasteiger partial charge in [0.25, 0.3) is 11.8 Å². The number of hydrazone groups is 1. The molecule has 0 aromatic heterocycles. The van der Waals surface area contributed by atoms with Gasteiger partial charge < -0.3 is 9.47 Å². The van der Waals surface area contributed by atoms with Crippen molar-refractivity contribution >= 4 is 18.0 Å². The minimum atomic E-state index is -0.296. The molecule has 4 unspecified atom stereocenters. The van der Waals surface area contributed by atoms with Crippen LogP contribution in [0.5, 0.6) is 11.5 Å². The van der Waals surface area contributed by atoms with E-state index in [4.69, 9.17) is 9.47 Å². The highest BCUT2D eigenvalue weighted by Gasteiger charge is 2.59. The van der Waals surface area contributed by atoms with Crippen LogP contribution >= 0.6 is 0 Å². The fraction of sp³-hybridized carbons (Fsp3) is 0.320. The van der Waals surface area contributed by atoms with Crippen molar-refractivity contribution in [3.05, 3.63) is 71.6 Å². The first-order chi connectivity index (χ1) is 15.5. The molecule has 32 heavy (non-hydrogen) atoms. The minimum absolute atomic E-state index is 0.156. The number of hydrogen-bond acceptors (Lipinski definition) is 5. The van der Waals surface area contributed by atoms with Crippen molar-refractivity contribution in [1.29, 1.82) is 0 Å². The maximum Gasteiger partial charge on any atom is 0.254 e. The summed E-state index contributed by atoms with van der Waals surface area (Å²) < 4.78 is 24.6. The Bertz CT molecular complexity index is 1080. The molecule has 2 amide bonds. The number of carbonyl (C=O) groups is 2. The second-order valence-corrected chi connectivity index (χ2v) is 8.29. The fourth-order valence-corrected chi connectivity index (χ4v) is 4.86. The molecule has 3 aliphatic rings. The van der Waals surface area contributed by atoms with Crippen molar-refractivity contribution < 1.29 is 23.5 Å². The summed E-state index contributed by atoms with van der Waals surface area (Å²) in [4.78, 5) is 25.5. The molecule has 0 spiro atoms. The van der Waals surface area contributed by atoms with Crippen molar-refractivity contribution in [2.45, 2.75) is 20.0 Å². The van der Waals surface area contributed by atoms with Crippen LogP contribution in [0.15, 0.2) is 59.7 Å². The maximum absolute atomic E-state index is 13.1. The third kappa shape index (κ3) is 3.57. The van der Waals surface area contributed by atoms with Gasteiger partial charge in [-0.2, -0.15) is 10.1 Å². The summed E-state index contributed by atoms with van der Waals surface area (Å²) in [5.41, 5.74) is 1.51. The predicted molar refractivity (Wildman–Crippen MR) is 116 cm³/mol. The summed E-state index contributed by atoms with van der Waals surface area (Å²) >= 11 is 0. The van der Waals surface area contributed by atoms with E-state index in [1.807, 2.05) is 6.92 Å². The molecule has 2 aromatic rings. The number of imide groups is 1. The van der Waals surface area contributed by atoms with E-state index in [2.05, 4.69) is 17.3 Å². The molecule has 6 nitrogen and oxygen atoms in total. The average Bonchev–Trinajstić information content (AvgIpc) is 3.47. The number of benzene rings is 2. The molecule has 7 heteroatoms. The monoisotopic (exact) mass is 434 g/mol. The van der Waals surface area contributed by atoms with E-state index >= 15 is 0 Å². The molecule has 5 rings (SSSR count). The lowest BCUT2D eigenvalue weighted by atomic mass is 9.85. The van der Waals surface area contributed by atoms with Crippen LogP contribution in [-0.2, 0) is 16.2 Å². The number of rotatable bonds is 7. The van der Waals surface area contributed by atoms with E-state index in [0.29, 0.717) is 23.7 Å². The molecule has 2 fully saturated rings. The van der Waals surface area contributed by atoms with E-state index in [9.17, 15) is 14.0 Å². The summed E-state index contributed by atoms with van der Waals surface area (Å²) in [5, 5.41) is 5.25. The van der Waals surface area contributed by atoms with Gasteiger partial charge in [-0.1, -0.05) is 24.3 Å². The van der Waals surface area contributed by atoms with E-state index < -0.39 is 0 Å². The number of carbonyl (C=O) groups excluding carboxylic acids is 2. The molecule has 0 radical (unpaired) electrons. The molecule has 164 valence electrons. The molecule has 1 saturated heterocycles. The molecule has 0 N–H and O–H groups in total. The van der Waals surface area contributed by atoms with Crippen LogP contribution in [0.1, 0.15) is 24.5 Å². The Kier molecular flexibility index (Phi) is 5.25. The zero-order chi connectivity index (χ0) is 22.2. The number of halogens is 1. The van der Waals surface area contributed by atoms with Gasteiger partial charge in [0.1, 0.15) is 12.4 Å². The van der Waals surface area contributed by atoms with Gasteiger partial charge >= 0.3 is 0 Å². The van der Waals surface area contributed by atoms with Gasteiger partial charge in [-0.05, 0) is 66.6 Å². The van der Waals surface area contributed by atoms with Gasteiger partial charge in [-0.3, -0.25) is 9.59 Å². The highest BCUT2D eigenvalue weighted by atomic mass is 19.1. The molecule has 1 saturated carbocycles. The molecule has 2 aromatic carbocycles. The van der Waals surface area contributed by atoms with E-state index in [1.54, 1.807) is 30.3 Å². The van der Waals surface area contributed by atoms with Crippen LogP contribution in [0.3, 0.4) is 0 Å². The largest absolute Gasteiger partial charge is 0.490 e. The number of fused-ring (bicyclic) bond motifs is 5. The highest BCUT2D eigenvalue weighted by molar-refractivity contribution is 6.06. The number of ether oxygens (including phenoxy) is 2. The lowest BCUT2D eigenvalue weighted by Gasteiger charge is -2.13. The lowest BCUT2D eigenvalue weighted by molar-refractivity contribution is -0.140. The molecular weight excluding hydrogens is 411 g/mol. The third-order valence-electron chi connectivity index (χ3n) is 6.34. The van der Waals surface area contributed by atoms with Crippen molar-refractivity contribution in [2.24, 2.45) is 28.8 Å². The first-order valence-corrected chi connectivity index (χ1v) is 10.8. The summed E-state index contributed by atoms with van der Waals surface area (Å²) in [7, 11) is 0. The average molecular weight is 434 g/mol. The predicted octanol–water partition coefficient (Wildman–Crippen LogP) is 3.94. The second-order valence-electron chi connectivity index (χ2n) is 8.29. The molecule has 1 heterocycles. The van der Waals surface area contributed by atoms with Gasteiger partial charge in [-0.25, -0.2) is 4.39 Å². The van der Waals surface area contributed by atoms with Crippen LogP contribution < -0.4 is 9.47 Å². The van der Waals surface area contributed by atoms with Gasteiger partial charge in [0.15, 0.2) is 11.5 Å². The lowest BCUT2D eigenvalue weighted by Crippen LogP contribution is -2.28. The Balaban J connectivity index is 1.30. The van der Waals surface area contributed by atoms with Crippen molar-refractivity contribution in [1.82, 2.24) is 5.01 Å². The van der Waals surface area contributed by atoms with Crippen LogP contribution in [0.2, 0.25) is 0 Å². The van der Waals surface area contributed by atoms with Crippen LogP contribution in [0, 0.1) is 29.5 Å². The number of amides is 2. The Morgan fingerprint density at radius 2 is 1.69 bits per heavy atom. The normalized spacial score (nSPS) is 25.8. The maximum atomic E-state index is 13.1. The molecule has 1 aliphatic heterocycles. The van der Waals surface area contributed by atoms with Crippen LogP contribution in [-0.4, -0.2) is 29.6 Å². The van der Waals surface area contributed by atoms with Crippen LogP contribution in [0.25, 0.3) is 0 Å².